The van der Waals surface area contributed by atoms with Crippen LogP contribution in [0.3, 0.4) is 0 Å². The Morgan fingerprint density at radius 2 is 1.96 bits per heavy atom. The predicted octanol–water partition coefficient (Wildman–Crippen LogP) is 1.78. The van der Waals surface area contributed by atoms with Gasteiger partial charge >= 0.3 is 6.18 Å². The van der Waals surface area contributed by atoms with Crippen LogP contribution in [0.15, 0.2) is 23.1 Å². The zero-order valence-corrected chi connectivity index (χ0v) is 13.3. The average molecular weight is 334 g/mol. The highest BCUT2D eigenvalue weighted by Crippen LogP contribution is 2.26. The van der Waals surface area contributed by atoms with Gasteiger partial charge in [0.1, 0.15) is 12.1 Å². The number of pyridine rings is 1. The van der Waals surface area contributed by atoms with Gasteiger partial charge < -0.3 is 15.0 Å². The van der Waals surface area contributed by atoms with Crippen molar-refractivity contribution in [3.63, 3.8) is 0 Å². The van der Waals surface area contributed by atoms with Gasteiger partial charge in [0.05, 0.1) is 12.6 Å². The molecule has 1 rings (SSSR count). The lowest BCUT2D eigenvalue weighted by molar-refractivity contribution is -0.139. The molecule has 1 atom stereocenters. The lowest BCUT2D eigenvalue weighted by Crippen LogP contribution is -2.43. The molecule has 1 aromatic rings. The standard InChI is InChI=1S/C15H21F3N2O3/c1-14(2,3)7-10(9-21)19-12(22)8-20-6-4-5-11(13(20)23)15(16,17)18/h4-6,10,21H,7-9H2,1-3H3,(H,19,22). The zero-order valence-electron chi connectivity index (χ0n) is 13.3. The number of halogens is 3. The van der Waals surface area contributed by atoms with Crippen molar-refractivity contribution in [1.82, 2.24) is 9.88 Å². The molecule has 0 saturated carbocycles. The highest BCUT2D eigenvalue weighted by atomic mass is 19.4. The molecule has 1 unspecified atom stereocenters. The van der Waals surface area contributed by atoms with Crippen molar-refractivity contribution < 1.29 is 23.1 Å². The van der Waals surface area contributed by atoms with Crippen LogP contribution in [0.1, 0.15) is 32.8 Å². The number of hydrogen-bond donors (Lipinski definition) is 2. The second-order valence-corrected chi connectivity index (χ2v) is 6.56. The van der Waals surface area contributed by atoms with Crippen molar-refractivity contribution in [3.05, 3.63) is 34.2 Å². The van der Waals surface area contributed by atoms with E-state index in [9.17, 15) is 27.9 Å². The summed E-state index contributed by atoms with van der Waals surface area (Å²) in [6.45, 7) is 4.96. The third kappa shape index (κ3) is 6.05. The van der Waals surface area contributed by atoms with Gasteiger partial charge in [-0.1, -0.05) is 20.8 Å². The normalized spacial score (nSPS) is 13.7. The van der Waals surface area contributed by atoms with E-state index >= 15 is 0 Å². The number of carbonyl (C=O) groups excluding carboxylic acids is 1. The van der Waals surface area contributed by atoms with Crippen molar-refractivity contribution >= 4 is 5.91 Å². The summed E-state index contributed by atoms with van der Waals surface area (Å²) in [4.78, 5) is 23.7. The quantitative estimate of drug-likeness (QED) is 0.862. The summed E-state index contributed by atoms with van der Waals surface area (Å²) >= 11 is 0. The number of alkyl halides is 3. The molecule has 0 aromatic carbocycles. The number of amides is 1. The number of aliphatic hydroxyl groups excluding tert-OH is 1. The monoisotopic (exact) mass is 334 g/mol. The maximum Gasteiger partial charge on any atom is 0.421 e. The van der Waals surface area contributed by atoms with Gasteiger partial charge in [0.25, 0.3) is 5.56 Å². The minimum atomic E-state index is -4.77. The first-order chi connectivity index (χ1) is 10.4. The number of nitrogens with zero attached hydrogens (tertiary/aromatic N) is 1. The van der Waals surface area contributed by atoms with E-state index in [0.717, 1.165) is 12.3 Å². The summed E-state index contributed by atoms with van der Waals surface area (Å²) in [6, 6.07) is 1.22. The molecule has 130 valence electrons. The number of nitrogens with one attached hydrogen (secondary N) is 1. The average Bonchev–Trinajstić information content (AvgIpc) is 2.37. The molecule has 0 aliphatic rings. The van der Waals surface area contributed by atoms with E-state index < -0.39 is 35.8 Å². The highest BCUT2D eigenvalue weighted by Gasteiger charge is 2.34. The molecule has 0 bridgehead atoms. The molecular formula is C15H21F3N2O3. The van der Waals surface area contributed by atoms with Crippen LogP contribution in [-0.2, 0) is 17.5 Å². The van der Waals surface area contributed by atoms with E-state index in [0.29, 0.717) is 17.1 Å². The molecular weight excluding hydrogens is 313 g/mol. The summed E-state index contributed by atoms with van der Waals surface area (Å²) in [5, 5.41) is 11.8. The second-order valence-electron chi connectivity index (χ2n) is 6.56. The van der Waals surface area contributed by atoms with Crippen LogP contribution in [0.5, 0.6) is 0 Å². The van der Waals surface area contributed by atoms with E-state index in [4.69, 9.17) is 0 Å². The van der Waals surface area contributed by atoms with Crippen LogP contribution in [0.2, 0.25) is 0 Å². The number of aliphatic hydroxyl groups is 1. The Balaban J connectivity index is 2.84. The predicted molar refractivity (Wildman–Crippen MR) is 78.8 cm³/mol. The van der Waals surface area contributed by atoms with Gasteiger partial charge in [-0.3, -0.25) is 9.59 Å². The SMILES string of the molecule is CC(C)(C)CC(CO)NC(=O)Cn1cccc(C(F)(F)F)c1=O. The van der Waals surface area contributed by atoms with Gasteiger partial charge in [0.2, 0.25) is 5.91 Å². The molecule has 0 saturated heterocycles. The number of rotatable bonds is 5. The number of hydrogen-bond acceptors (Lipinski definition) is 3. The van der Waals surface area contributed by atoms with Gasteiger partial charge in [-0.15, -0.1) is 0 Å². The molecule has 0 aliphatic heterocycles. The maximum atomic E-state index is 12.7. The van der Waals surface area contributed by atoms with E-state index in [-0.39, 0.29) is 12.0 Å². The summed E-state index contributed by atoms with van der Waals surface area (Å²) in [5.74, 6) is -0.630. The first-order valence-electron chi connectivity index (χ1n) is 7.11. The minimum absolute atomic E-state index is 0.145. The Morgan fingerprint density at radius 1 is 1.35 bits per heavy atom. The molecule has 2 N–H and O–H groups in total. The van der Waals surface area contributed by atoms with Crippen LogP contribution in [-0.4, -0.2) is 28.2 Å². The molecule has 0 spiro atoms. The smallest absolute Gasteiger partial charge is 0.394 e. The first-order valence-corrected chi connectivity index (χ1v) is 7.11. The molecule has 1 heterocycles. The van der Waals surface area contributed by atoms with Crippen LogP contribution < -0.4 is 10.9 Å². The lowest BCUT2D eigenvalue weighted by Gasteiger charge is -2.25. The van der Waals surface area contributed by atoms with Crippen LogP contribution in [0.25, 0.3) is 0 Å². The van der Waals surface area contributed by atoms with Gasteiger partial charge in [-0.05, 0) is 24.0 Å². The van der Waals surface area contributed by atoms with Crippen molar-refractivity contribution in [2.75, 3.05) is 6.61 Å². The topological polar surface area (TPSA) is 71.3 Å². The van der Waals surface area contributed by atoms with Gasteiger partial charge in [0, 0.05) is 6.20 Å². The van der Waals surface area contributed by atoms with Gasteiger partial charge in [0.15, 0.2) is 0 Å². The Hall–Kier alpha value is -1.83. The van der Waals surface area contributed by atoms with Crippen molar-refractivity contribution in [1.29, 1.82) is 0 Å². The fourth-order valence-electron chi connectivity index (χ4n) is 2.21. The molecule has 0 aliphatic carbocycles. The second kappa shape index (κ2) is 7.16. The maximum absolute atomic E-state index is 12.7. The largest absolute Gasteiger partial charge is 0.421 e. The molecule has 5 nitrogen and oxygen atoms in total. The van der Waals surface area contributed by atoms with Crippen molar-refractivity contribution in [2.45, 2.75) is 46.0 Å². The molecule has 23 heavy (non-hydrogen) atoms. The van der Waals surface area contributed by atoms with E-state index in [2.05, 4.69) is 5.32 Å². The third-order valence-electron chi connectivity index (χ3n) is 3.08. The summed E-state index contributed by atoms with van der Waals surface area (Å²) in [6.07, 6.45) is -3.15. The fraction of sp³-hybridized carbons (Fsp3) is 0.600. The van der Waals surface area contributed by atoms with Gasteiger partial charge in [-0.2, -0.15) is 13.2 Å². The Kier molecular flexibility index (Phi) is 5.98. The van der Waals surface area contributed by atoms with E-state index in [1.54, 1.807) is 0 Å². The van der Waals surface area contributed by atoms with Crippen molar-refractivity contribution in [2.24, 2.45) is 5.41 Å². The van der Waals surface area contributed by atoms with E-state index in [1.165, 1.54) is 0 Å². The van der Waals surface area contributed by atoms with E-state index in [1.807, 2.05) is 20.8 Å². The van der Waals surface area contributed by atoms with Crippen LogP contribution in [0.4, 0.5) is 13.2 Å². The number of carbonyl (C=O) groups is 1. The summed E-state index contributed by atoms with van der Waals surface area (Å²) in [7, 11) is 0. The molecule has 1 amide bonds. The van der Waals surface area contributed by atoms with Crippen LogP contribution in [0, 0.1) is 5.41 Å². The minimum Gasteiger partial charge on any atom is -0.394 e. The summed E-state index contributed by atoms with van der Waals surface area (Å²) < 4.78 is 38.7. The van der Waals surface area contributed by atoms with Crippen LogP contribution >= 0.6 is 0 Å². The number of aromatic nitrogens is 1. The Bertz CT molecular complexity index is 603. The zero-order chi connectivity index (χ0) is 17.8. The van der Waals surface area contributed by atoms with Crippen molar-refractivity contribution in [3.8, 4) is 0 Å². The highest BCUT2D eigenvalue weighted by molar-refractivity contribution is 5.76. The molecule has 0 radical (unpaired) electrons. The Morgan fingerprint density at radius 3 is 2.43 bits per heavy atom. The summed E-state index contributed by atoms with van der Waals surface area (Å²) in [5.41, 5.74) is -2.74. The molecule has 0 fully saturated rings. The first kappa shape index (κ1) is 19.2. The fourth-order valence-corrected chi connectivity index (χ4v) is 2.21. The molecule has 8 heteroatoms. The third-order valence-corrected chi connectivity index (χ3v) is 3.08. The molecule has 1 aromatic heterocycles. The lowest BCUT2D eigenvalue weighted by atomic mass is 9.88. The Labute approximate surface area is 132 Å². The van der Waals surface area contributed by atoms with Gasteiger partial charge in [-0.25, -0.2) is 0 Å².